The van der Waals surface area contributed by atoms with Crippen molar-refractivity contribution < 1.29 is 14.3 Å². The summed E-state index contributed by atoms with van der Waals surface area (Å²) in [6.07, 6.45) is 6.66. The second kappa shape index (κ2) is 12.8. The molecule has 2 aromatic carbocycles. The zero-order chi connectivity index (χ0) is 32.8. The molecule has 3 aliphatic rings. The first-order chi connectivity index (χ1) is 23.4. The van der Waals surface area contributed by atoms with Gasteiger partial charge in [0.25, 0.3) is 0 Å². The predicted octanol–water partition coefficient (Wildman–Crippen LogP) is 5.82. The van der Waals surface area contributed by atoms with Gasteiger partial charge in [-0.05, 0) is 98.3 Å². The van der Waals surface area contributed by atoms with Gasteiger partial charge in [-0.3, -0.25) is 19.6 Å². The normalized spacial score (nSPS) is 18.2. The fourth-order valence-corrected chi connectivity index (χ4v) is 7.41. The summed E-state index contributed by atoms with van der Waals surface area (Å²) in [5.41, 5.74) is 9.11. The minimum absolute atomic E-state index is 0.145. The Balaban J connectivity index is 1.01. The first-order valence-corrected chi connectivity index (χ1v) is 17.0. The Morgan fingerprint density at radius 1 is 0.958 bits per heavy atom. The maximum Gasteiger partial charge on any atom is 0.237 e. The van der Waals surface area contributed by atoms with Gasteiger partial charge in [0.2, 0.25) is 11.8 Å². The highest BCUT2D eigenvalue weighted by atomic mass is 16.4. The molecule has 0 spiro atoms. The molecule has 246 valence electrons. The zero-order valence-electron chi connectivity index (χ0n) is 27.6. The fourth-order valence-electron chi connectivity index (χ4n) is 7.41. The number of carbonyl (C=O) groups is 1. The van der Waals surface area contributed by atoms with Crippen molar-refractivity contribution in [2.75, 3.05) is 38.0 Å². The van der Waals surface area contributed by atoms with Crippen molar-refractivity contribution in [3.63, 3.8) is 0 Å². The number of pyridine rings is 2. The third-order valence-electron chi connectivity index (χ3n) is 10.1. The van der Waals surface area contributed by atoms with E-state index in [9.17, 15) is 9.90 Å². The molecular weight excluding hydrogens is 602 g/mol. The van der Waals surface area contributed by atoms with E-state index in [4.69, 9.17) is 14.4 Å². The summed E-state index contributed by atoms with van der Waals surface area (Å²) in [7, 11) is 0. The molecule has 3 aromatic heterocycles. The number of β-amino-alcohol motifs (C(OH)–C–C–N with tert-alkyl or cyclic N) is 1. The van der Waals surface area contributed by atoms with Gasteiger partial charge in [0.15, 0.2) is 5.82 Å². The maximum atomic E-state index is 12.9. The highest BCUT2D eigenvalue weighted by Crippen LogP contribution is 2.38. The zero-order valence-corrected chi connectivity index (χ0v) is 27.6. The SMILES string of the molecule is Cc1c(Nc2nccc3cc(CN4CC[C@@H](O)C4)cnc23)cccc1-c1cccc(-c2nc3c(o2)CN(C(=O)CN2CCCC2)C3)c1C. The lowest BCUT2D eigenvalue weighted by Gasteiger charge is -2.20. The van der Waals surface area contributed by atoms with Crippen LogP contribution < -0.4 is 5.32 Å². The number of aromatic nitrogens is 3. The van der Waals surface area contributed by atoms with Crippen LogP contribution in [0.15, 0.2) is 65.3 Å². The Hall–Kier alpha value is -4.64. The number of aliphatic hydroxyl groups is 1. The number of nitrogens with zero attached hydrogens (tertiary/aromatic N) is 6. The predicted molar refractivity (Wildman–Crippen MR) is 185 cm³/mol. The molecule has 0 bridgehead atoms. The van der Waals surface area contributed by atoms with E-state index in [0.29, 0.717) is 37.9 Å². The molecule has 10 heteroatoms. The molecule has 2 fully saturated rings. The van der Waals surface area contributed by atoms with Crippen LogP contribution in [0.5, 0.6) is 0 Å². The van der Waals surface area contributed by atoms with Crippen LogP contribution in [0.25, 0.3) is 33.5 Å². The van der Waals surface area contributed by atoms with E-state index in [1.807, 2.05) is 23.4 Å². The average molecular weight is 644 g/mol. The summed E-state index contributed by atoms with van der Waals surface area (Å²) in [6.45, 7) is 10.1. The molecule has 0 radical (unpaired) electrons. The van der Waals surface area contributed by atoms with Crippen LogP contribution >= 0.6 is 0 Å². The number of nitrogens with one attached hydrogen (secondary N) is 1. The molecule has 5 aromatic rings. The van der Waals surface area contributed by atoms with Gasteiger partial charge in [-0.2, -0.15) is 0 Å². The number of fused-ring (bicyclic) bond motifs is 2. The fraction of sp³-hybridized carbons (Fsp3) is 0.368. The van der Waals surface area contributed by atoms with Crippen molar-refractivity contribution in [2.24, 2.45) is 0 Å². The van der Waals surface area contributed by atoms with E-state index in [1.165, 1.54) is 12.8 Å². The molecule has 48 heavy (non-hydrogen) atoms. The van der Waals surface area contributed by atoms with Gasteiger partial charge in [0.1, 0.15) is 17.0 Å². The van der Waals surface area contributed by atoms with Crippen LogP contribution in [-0.4, -0.2) is 79.5 Å². The monoisotopic (exact) mass is 643 g/mol. The third kappa shape index (κ3) is 5.96. The van der Waals surface area contributed by atoms with Gasteiger partial charge in [-0.25, -0.2) is 9.97 Å². The Kier molecular flexibility index (Phi) is 8.15. The molecule has 0 unspecified atom stereocenters. The van der Waals surface area contributed by atoms with Crippen molar-refractivity contribution in [1.82, 2.24) is 29.7 Å². The summed E-state index contributed by atoms with van der Waals surface area (Å²) >= 11 is 0. The van der Waals surface area contributed by atoms with Gasteiger partial charge < -0.3 is 19.7 Å². The molecule has 3 aliphatic heterocycles. The number of likely N-dealkylation sites (tertiary alicyclic amines) is 2. The molecule has 1 amide bonds. The Morgan fingerprint density at radius 3 is 2.54 bits per heavy atom. The topological polar surface area (TPSA) is 111 Å². The number of rotatable bonds is 8. The van der Waals surface area contributed by atoms with E-state index < -0.39 is 0 Å². The molecule has 2 saturated heterocycles. The van der Waals surface area contributed by atoms with Gasteiger partial charge in [0.05, 0.1) is 25.7 Å². The van der Waals surface area contributed by atoms with E-state index >= 15 is 0 Å². The summed E-state index contributed by atoms with van der Waals surface area (Å²) in [5.74, 6) is 2.24. The van der Waals surface area contributed by atoms with E-state index in [-0.39, 0.29) is 12.0 Å². The molecular formula is C38H41N7O3. The number of amides is 1. The van der Waals surface area contributed by atoms with Gasteiger partial charge in [-0.1, -0.05) is 24.3 Å². The Labute approximate surface area is 280 Å². The second-order valence-corrected chi connectivity index (χ2v) is 13.5. The Morgan fingerprint density at radius 2 is 1.75 bits per heavy atom. The number of hydrogen-bond donors (Lipinski definition) is 2. The van der Waals surface area contributed by atoms with Crippen LogP contribution in [0.2, 0.25) is 0 Å². The lowest BCUT2D eigenvalue weighted by molar-refractivity contribution is -0.133. The summed E-state index contributed by atoms with van der Waals surface area (Å²) in [6, 6.07) is 16.7. The number of benzene rings is 2. The highest BCUT2D eigenvalue weighted by molar-refractivity contribution is 5.91. The third-order valence-corrected chi connectivity index (χ3v) is 10.1. The summed E-state index contributed by atoms with van der Waals surface area (Å²) < 4.78 is 6.30. The van der Waals surface area contributed by atoms with Crippen LogP contribution in [0, 0.1) is 13.8 Å². The van der Waals surface area contributed by atoms with Crippen molar-refractivity contribution >= 4 is 28.3 Å². The number of hydrogen-bond acceptors (Lipinski definition) is 9. The van der Waals surface area contributed by atoms with Crippen LogP contribution in [-0.2, 0) is 24.4 Å². The van der Waals surface area contributed by atoms with E-state index in [0.717, 1.165) is 94.0 Å². The summed E-state index contributed by atoms with van der Waals surface area (Å²) in [5, 5.41) is 14.5. The minimum atomic E-state index is -0.236. The van der Waals surface area contributed by atoms with E-state index in [1.54, 1.807) is 0 Å². The quantitative estimate of drug-likeness (QED) is 0.216. The second-order valence-electron chi connectivity index (χ2n) is 13.5. The molecule has 2 N–H and O–H groups in total. The van der Waals surface area contributed by atoms with Crippen molar-refractivity contribution in [3.8, 4) is 22.6 Å². The molecule has 0 saturated carbocycles. The van der Waals surface area contributed by atoms with Gasteiger partial charge in [0, 0.05) is 48.7 Å². The smallest absolute Gasteiger partial charge is 0.237 e. The minimum Gasteiger partial charge on any atom is -0.439 e. The molecule has 6 heterocycles. The molecule has 10 nitrogen and oxygen atoms in total. The largest absolute Gasteiger partial charge is 0.439 e. The van der Waals surface area contributed by atoms with Crippen molar-refractivity contribution in [3.05, 3.63) is 89.1 Å². The van der Waals surface area contributed by atoms with Crippen molar-refractivity contribution in [1.29, 1.82) is 0 Å². The lowest BCUT2D eigenvalue weighted by Crippen LogP contribution is -2.36. The number of oxazole rings is 1. The van der Waals surface area contributed by atoms with Crippen LogP contribution in [0.3, 0.4) is 0 Å². The van der Waals surface area contributed by atoms with Gasteiger partial charge in [-0.15, -0.1) is 0 Å². The van der Waals surface area contributed by atoms with Crippen LogP contribution in [0.1, 0.15) is 47.4 Å². The summed E-state index contributed by atoms with van der Waals surface area (Å²) in [4.78, 5) is 33.6. The number of aliphatic hydroxyl groups excluding tert-OH is 1. The number of anilines is 2. The lowest BCUT2D eigenvalue weighted by atomic mass is 9.93. The van der Waals surface area contributed by atoms with E-state index in [2.05, 4.69) is 76.4 Å². The average Bonchev–Trinajstić information content (AvgIpc) is 3.89. The first kappa shape index (κ1) is 30.7. The first-order valence-electron chi connectivity index (χ1n) is 17.0. The van der Waals surface area contributed by atoms with Crippen molar-refractivity contribution in [2.45, 2.75) is 58.8 Å². The molecule has 0 aliphatic carbocycles. The maximum absolute atomic E-state index is 12.9. The standard InChI is InChI=1S/C38H41N7O3/c1-24-29(7-5-9-31(24)38-42-33-21-45(22-34(33)48-38)35(47)23-43-14-3-4-15-43)30-8-6-10-32(25(30)2)41-37-36-27(11-13-39-37)17-26(18-40-36)19-44-16-12-28(46)20-44/h5-11,13,17-18,28,46H,3-4,12,14-16,19-23H2,1-2H3,(H,39,41)/t28-/m1/s1. The van der Waals surface area contributed by atoms with Crippen LogP contribution in [0.4, 0.5) is 11.5 Å². The molecule has 1 atom stereocenters. The number of carbonyl (C=O) groups excluding carboxylic acids is 1. The Bertz CT molecular complexity index is 1980. The highest BCUT2D eigenvalue weighted by Gasteiger charge is 2.31. The molecule has 8 rings (SSSR count). The van der Waals surface area contributed by atoms with Gasteiger partial charge >= 0.3 is 0 Å².